The normalized spacial score (nSPS) is 18.1. The highest BCUT2D eigenvalue weighted by atomic mass is 32.1. The lowest BCUT2D eigenvalue weighted by Crippen LogP contribution is -2.11. The largest absolute Gasteiger partial charge is 0.398 e. The number of rotatable bonds is 1. The van der Waals surface area contributed by atoms with Crippen molar-refractivity contribution in [2.75, 3.05) is 5.73 Å². The van der Waals surface area contributed by atoms with Crippen molar-refractivity contribution in [2.45, 2.75) is 33.1 Å². The lowest BCUT2D eigenvalue weighted by atomic mass is 9.93. The zero-order valence-electron chi connectivity index (χ0n) is 12.3. The van der Waals surface area contributed by atoms with Gasteiger partial charge in [-0.2, -0.15) is 0 Å². The molecule has 0 amide bonds. The fourth-order valence-corrected chi connectivity index (χ4v) is 4.32. The minimum absolute atomic E-state index is 0.771. The van der Waals surface area contributed by atoms with Crippen molar-refractivity contribution < 1.29 is 0 Å². The molecule has 1 unspecified atom stereocenters. The van der Waals surface area contributed by atoms with Crippen LogP contribution >= 0.6 is 11.3 Å². The fourth-order valence-electron chi connectivity index (χ4n) is 3.05. The highest BCUT2D eigenvalue weighted by Gasteiger charge is 2.23. The van der Waals surface area contributed by atoms with Gasteiger partial charge >= 0.3 is 0 Å². The summed E-state index contributed by atoms with van der Waals surface area (Å²) in [6, 6.07) is 6.13. The van der Waals surface area contributed by atoms with Crippen LogP contribution in [0.3, 0.4) is 0 Å². The average molecular weight is 298 g/mol. The summed E-state index contributed by atoms with van der Waals surface area (Å²) in [6.07, 6.45) is 3.52. The van der Waals surface area contributed by atoms with E-state index in [1.807, 2.05) is 19.1 Å². The van der Waals surface area contributed by atoms with Crippen molar-refractivity contribution in [3.05, 3.63) is 34.3 Å². The number of nitrogens with zero attached hydrogens (tertiary/aromatic N) is 3. The molecule has 0 fully saturated rings. The SMILES string of the molecule is Cc1ccc(-c2nnc3sc4c(n23)CCC(C)C4)cc1N. The first-order valence-corrected chi connectivity index (χ1v) is 8.17. The summed E-state index contributed by atoms with van der Waals surface area (Å²) >= 11 is 1.78. The highest BCUT2D eigenvalue weighted by Crippen LogP contribution is 2.35. The lowest BCUT2D eigenvalue weighted by molar-refractivity contribution is 0.499. The van der Waals surface area contributed by atoms with Crippen molar-refractivity contribution in [3.8, 4) is 11.4 Å². The number of benzene rings is 1. The van der Waals surface area contributed by atoms with Gasteiger partial charge in [-0.15, -0.1) is 10.2 Å². The van der Waals surface area contributed by atoms with E-state index in [2.05, 4.69) is 27.6 Å². The van der Waals surface area contributed by atoms with Gasteiger partial charge in [0.15, 0.2) is 5.82 Å². The molecular weight excluding hydrogens is 280 g/mol. The number of fused-ring (bicyclic) bond motifs is 3. The maximum atomic E-state index is 6.05. The van der Waals surface area contributed by atoms with Crippen LogP contribution < -0.4 is 5.73 Å². The van der Waals surface area contributed by atoms with E-state index in [9.17, 15) is 0 Å². The van der Waals surface area contributed by atoms with E-state index in [-0.39, 0.29) is 0 Å². The third-order valence-corrected chi connectivity index (χ3v) is 5.48. The second kappa shape index (κ2) is 4.56. The Morgan fingerprint density at radius 2 is 2.19 bits per heavy atom. The van der Waals surface area contributed by atoms with Gasteiger partial charge in [-0.25, -0.2) is 0 Å². The first-order valence-electron chi connectivity index (χ1n) is 7.35. The third kappa shape index (κ3) is 1.95. The second-order valence-corrected chi connectivity index (χ2v) is 7.09. The van der Waals surface area contributed by atoms with Gasteiger partial charge in [0.05, 0.1) is 0 Å². The van der Waals surface area contributed by atoms with Gasteiger partial charge < -0.3 is 5.73 Å². The Morgan fingerprint density at radius 3 is 3.00 bits per heavy atom. The molecule has 2 heterocycles. The Labute approximate surface area is 127 Å². The summed E-state index contributed by atoms with van der Waals surface area (Å²) in [5.74, 6) is 1.69. The minimum atomic E-state index is 0.771. The van der Waals surface area contributed by atoms with Crippen LogP contribution in [-0.4, -0.2) is 14.6 Å². The molecule has 1 aromatic carbocycles. The molecule has 1 aliphatic carbocycles. The molecular formula is C16H18N4S. The van der Waals surface area contributed by atoms with Gasteiger partial charge in [0.2, 0.25) is 4.96 Å². The van der Waals surface area contributed by atoms with Crippen LogP contribution in [0.15, 0.2) is 18.2 Å². The number of nitrogen functional groups attached to an aromatic ring is 1. The molecule has 0 saturated heterocycles. The number of aryl methyl sites for hydroxylation is 2. The van der Waals surface area contributed by atoms with Gasteiger partial charge in [0.1, 0.15) is 0 Å². The molecule has 0 spiro atoms. The van der Waals surface area contributed by atoms with Gasteiger partial charge in [0, 0.05) is 21.8 Å². The Bertz CT molecular complexity index is 830. The maximum Gasteiger partial charge on any atom is 0.216 e. The molecule has 3 aromatic rings. The first-order chi connectivity index (χ1) is 10.1. The standard InChI is InChI=1S/C16H18N4S/c1-9-3-6-13-14(7-9)21-16-19-18-15(20(13)16)11-5-4-10(2)12(17)8-11/h4-5,8-9H,3,6-7,17H2,1-2H3. The van der Waals surface area contributed by atoms with Crippen molar-refractivity contribution >= 4 is 22.0 Å². The van der Waals surface area contributed by atoms with Crippen molar-refractivity contribution in [1.82, 2.24) is 14.6 Å². The molecule has 21 heavy (non-hydrogen) atoms. The molecule has 2 aromatic heterocycles. The summed E-state index contributed by atoms with van der Waals surface area (Å²) in [4.78, 5) is 2.48. The van der Waals surface area contributed by atoms with Crippen LogP contribution in [-0.2, 0) is 12.8 Å². The monoisotopic (exact) mass is 298 g/mol. The number of hydrogen-bond acceptors (Lipinski definition) is 4. The van der Waals surface area contributed by atoms with Crippen LogP contribution in [0.5, 0.6) is 0 Å². The minimum Gasteiger partial charge on any atom is -0.398 e. The van der Waals surface area contributed by atoms with Crippen molar-refractivity contribution in [3.63, 3.8) is 0 Å². The molecule has 108 valence electrons. The second-order valence-electron chi connectivity index (χ2n) is 6.03. The average Bonchev–Trinajstić information content (AvgIpc) is 3.00. The van der Waals surface area contributed by atoms with Crippen LogP contribution in [0.1, 0.15) is 29.5 Å². The molecule has 0 saturated carbocycles. The summed E-state index contributed by atoms with van der Waals surface area (Å²) in [7, 11) is 0. The number of anilines is 1. The summed E-state index contributed by atoms with van der Waals surface area (Å²) < 4.78 is 2.23. The predicted molar refractivity (Wildman–Crippen MR) is 86.6 cm³/mol. The molecule has 2 N–H and O–H groups in total. The first kappa shape index (κ1) is 12.8. The lowest BCUT2D eigenvalue weighted by Gasteiger charge is -2.17. The predicted octanol–water partition coefficient (Wildman–Crippen LogP) is 3.47. The molecule has 0 bridgehead atoms. The van der Waals surface area contributed by atoms with Crippen LogP contribution in [0.25, 0.3) is 16.3 Å². The smallest absolute Gasteiger partial charge is 0.216 e. The van der Waals surface area contributed by atoms with Gasteiger partial charge in [-0.3, -0.25) is 4.40 Å². The van der Waals surface area contributed by atoms with Crippen LogP contribution in [0, 0.1) is 12.8 Å². The van der Waals surface area contributed by atoms with Crippen LogP contribution in [0.4, 0.5) is 5.69 Å². The summed E-state index contributed by atoms with van der Waals surface area (Å²) in [6.45, 7) is 4.34. The zero-order valence-corrected chi connectivity index (χ0v) is 13.1. The molecule has 0 radical (unpaired) electrons. The van der Waals surface area contributed by atoms with Crippen LogP contribution in [0.2, 0.25) is 0 Å². The van der Waals surface area contributed by atoms with E-state index in [4.69, 9.17) is 5.73 Å². The van der Waals surface area contributed by atoms with E-state index in [0.717, 1.165) is 39.9 Å². The molecule has 0 aliphatic heterocycles. The zero-order chi connectivity index (χ0) is 14.6. The molecule has 5 heteroatoms. The van der Waals surface area contributed by atoms with Crippen molar-refractivity contribution in [2.24, 2.45) is 5.92 Å². The van der Waals surface area contributed by atoms with Crippen molar-refractivity contribution in [1.29, 1.82) is 0 Å². The number of nitrogens with two attached hydrogens (primary N) is 1. The molecule has 4 nitrogen and oxygen atoms in total. The fraction of sp³-hybridized carbons (Fsp3) is 0.375. The van der Waals surface area contributed by atoms with Gasteiger partial charge in [-0.1, -0.05) is 30.4 Å². The quantitative estimate of drug-likeness (QED) is 0.700. The number of thiazole rings is 1. The van der Waals surface area contributed by atoms with E-state index in [1.165, 1.54) is 23.4 Å². The Balaban J connectivity index is 1.91. The Hall–Kier alpha value is -1.88. The molecule has 4 rings (SSSR count). The summed E-state index contributed by atoms with van der Waals surface area (Å²) in [5, 5.41) is 8.76. The number of hydrogen-bond donors (Lipinski definition) is 1. The van der Waals surface area contributed by atoms with Gasteiger partial charge in [-0.05, 0) is 43.7 Å². The van der Waals surface area contributed by atoms with Gasteiger partial charge in [0.25, 0.3) is 0 Å². The third-order valence-electron chi connectivity index (χ3n) is 4.38. The van der Waals surface area contributed by atoms with E-state index in [0.29, 0.717) is 0 Å². The maximum absolute atomic E-state index is 6.05. The van der Waals surface area contributed by atoms with E-state index < -0.39 is 0 Å². The highest BCUT2D eigenvalue weighted by molar-refractivity contribution is 7.17. The Morgan fingerprint density at radius 1 is 1.33 bits per heavy atom. The summed E-state index contributed by atoms with van der Waals surface area (Å²) in [5.41, 5.74) is 10.4. The number of aromatic nitrogens is 3. The van der Waals surface area contributed by atoms with E-state index in [1.54, 1.807) is 11.3 Å². The molecule has 1 aliphatic rings. The Kier molecular flexibility index (Phi) is 2.79. The van der Waals surface area contributed by atoms with E-state index >= 15 is 0 Å². The molecule has 1 atom stereocenters. The topological polar surface area (TPSA) is 56.2 Å².